The van der Waals surface area contributed by atoms with Crippen LogP contribution < -0.4 is 9.47 Å². The van der Waals surface area contributed by atoms with Crippen LogP contribution in [0.25, 0.3) is 5.76 Å². The van der Waals surface area contributed by atoms with Gasteiger partial charge in [-0.3, -0.25) is 9.59 Å². The van der Waals surface area contributed by atoms with Crippen LogP contribution in [0.3, 0.4) is 0 Å². The topological polar surface area (TPSA) is 76.1 Å². The molecule has 3 aromatic carbocycles. The summed E-state index contributed by atoms with van der Waals surface area (Å²) in [5.41, 5.74) is 3.07. The van der Waals surface area contributed by atoms with Gasteiger partial charge in [-0.05, 0) is 46.9 Å². The van der Waals surface area contributed by atoms with E-state index in [1.165, 1.54) is 4.90 Å². The van der Waals surface area contributed by atoms with Gasteiger partial charge < -0.3 is 19.5 Å². The van der Waals surface area contributed by atoms with E-state index in [0.29, 0.717) is 17.1 Å². The molecular weight excluding hydrogens is 454 g/mol. The highest BCUT2D eigenvalue weighted by Crippen LogP contribution is 2.41. The Morgan fingerprint density at radius 3 is 2.11 bits per heavy atom. The fraction of sp³-hybridized carbons (Fsp3) is 0.267. The van der Waals surface area contributed by atoms with Crippen LogP contribution in [0.1, 0.15) is 49.1 Å². The number of carbonyl (C=O) groups excluding carboxylic acids is 2. The molecular formula is C30H31NO5. The monoisotopic (exact) mass is 485 g/mol. The van der Waals surface area contributed by atoms with Gasteiger partial charge in [0.15, 0.2) is 0 Å². The summed E-state index contributed by atoms with van der Waals surface area (Å²) < 4.78 is 10.7. The SMILES string of the molecule is COc1ccc(/C(O)=C2/C(=O)C(=O)N(Cc3ccccc3OC)C2c2ccc(C(C)(C)C)cc2)cc1. The summed E-state index contributed by atoms with van der Waals surface area (Å²) in [6.45, 7) is 6.53. The average molecular weight is 486 g/mol. The van der Waals surface area contributed by atoms with E-state index in [-0.39, 0.29) is 23.3 Å². The lowest BCUT2D eigenvalue weighted by molar-refractivity contribution is -0.140. The number of aliphatic hydroxyl groups is 1. The molecule has 1 unspecified atom stereocenters. The lowest BCUT2D eigenvalue weighted by atomic mass is 9.85. The molecule has 1 atom stereocenters. The summed E-state index contributed by atoms with van der Waals surface area (Å²) in [5.74, 6) is -0.360. The van der Waals surface area contributed by atoms with Crippen molar-refractivity contribution in [2.75, 3.05) is 14.2 Å². The molecule has 1 heterocycles. The van der Waals surface area contributed by atoms with E-state index in [0.717, 1.165) is 16.7 Å². The second-order valence-electron chi connectivity index (χ2n) is 9.84. The van der Waals surface area contributed by atoms with Crippen molar-refractivity contribution >= 4 is 17.4 Å². The minimum absolute atomic E-state index is 0.0547. The van der Waals surface area contributed by atoms with Crippen molar-refractivity contribution < 1.29 is 24.2 Å². The molecule has 186 valence electrons. The third kappa shape index (κ3) is 4.71. The Balaban J connectivity index is 1.86. The van der Waals surface area contributed by atoms with Crippen LogP contribution in [0.5, 0.6) is 11.5 Å². The number of amides is 1. The highest BCUT2D eigenvalue weighted by molar-refractivity contribution is 6.46. The van der Waals surface area contributed by atoms with Gasteiger partial charge in [0.2, 0.25) is 0 Å². The van der Waals surface area contributed by atoms with Crippen molar-refractivity contribution in [3.05, 3.63) is 101 Å². The highest BCUT2D eigenvalue weighted by Gasteiger charge is 2.46. The van der Waals surface area contributed by atoms with Crippen molar-refractivity contribution in [3.63, 3.8) is 0 Å². The number of hydrogen-bond donors (Lipinski definition) is 1. The van der Waals surface area contributed by atoms with Crippen LogP contribution in [0.15, 0.2) is 78.4 Å². The lowest BCUT2D eigenvalue weighted by Gasteiger charge is -2.27. The first kappa shape index (κ1) is 25.0. The molecule has 36 heavy (non-hydrogen) atoms. The smallest absolute Gasteiger partial charge is 0.295 e. The van der Waals surface area contributed by atoms with Crippen LogP contribution in [0, 0.1) is 0 Å². The Morgan fingerprint density at radius 2 is 1.53 bits per heavy atom. The second kappa shape index (κ2) is 9.90. The van der Waals surface area contributed by atoms with Crippen molar-refractivity contribution in [2.45, 2.75) is 38.8 Å². The summed E-state index contributed by atoms with van der Waals surface area (Å²) in [5, 5.41) is 11.3. The quantitative estimate of drug-likeness (QED) is 0.278. The molecule has 1 amide bonds. The third-order valence-electron chi connectivity index (χ3n) is 6.53. The number of likely N-dealkylation sites (tertiary alicyclic amines) is 1. The molecule has 4 rings (SSSR count). The Morgan fingerprint density at radius 1 is 0.889 bits per heavy atom. The maximum atomic E-state index is 13.3. The Bertz CT molecular complexity index is 1300. The summed E-state index contributed by atoms with van der Waals surface area (Å²) in [7, 11) is 3.12. The zero-order valence-corrected chi connectivity index (χ0v) is 21.2. The maximum absolute atomic E-state index is 13.3. The van der Waals surface area contributed by atoms with Crippen LogP contribution in [0.2, 0.25) is 0 Å². The van der Waals surface area contributed by atoms with Gasteiger partial charge in [-0.1, -0.05) is 63.2 Å². The van der Waals surface area contributed by atoms with E-state index < -0.39 is 17.7 Å². The molecule has 1 aliphatic rings. The number of methoxy groups -OCH3 is 2. The number of ketones is 1. The molecule has 0 bridgehead atoms. The second-order valence-corrected chi connectivity index (χ2v) is 9.84. The van der Waals surface area contributed by atoms with E-state index >= 15 is 0 Å². The van der Waals surface area contributed by atoms with Gasteiger partial charge in [-0.2, -0.15) is 0 Å². The molecule has 0 aromatic heterocycles. The zero-order valence-electron chi connectivity index (χ0n) is 21.2. The lowest BCUT2D eigenvalue weighted by Crippen LogP contribution is -2.29. The molecule has 1 fully saturated rings. The van der Waals surface area contributed by atoms with Gasteiger partial charge in [0.25, 0.3) is 11.7 Å². The summed E-state index contributed by atoms with van der Waals surface area (Å²) in [6, 6.07) is 21.2. The van der Waals surface area contributed by atoms with Crippen LogP contribution in [-0.4, -0.2) is 35.9 Å². The Kier molecular flexibility index (Phi) is 6.88. The molecule has 1 N–H and O–H groups in total. The first-order valence-electron chi connectivity index (χ1n) is 11.8. The van der Waals surface area contributed by atoms with Gasteiger partial charge in [0, 0.05) is 11.1 Å². The van der Waals surface area contributed by atoms with E-state index in [4.69, 9.17) is 9.47 Å². The number of aliphatic hydroxyl groups excluding tert-OH is 1. The average Bonchev–Trinajstić information content (AvgIpc) is 3.13. The van der Waals surface area contributed by atoms with E-state index in [2.05, 4.69) is 20.8 Å². The standard InChI is InChI=1S/C30H31NO5/c1-30(2,3)22-14-10-19(11-15-22)26-25(27(32)20-12-16-23(35-4)17-13-20)28(33)29(34)31(26)18-21-8-6-7-9-24(21)36-5/h6-17,26,32H,18H2,1-5H3/b27-25-. The first-order chi connectivity index (χ1) is 17.2. The first-order valence-corrected chi connectivity index (χ1v) is 11.8. The molecule has 6 heteroatoms. The number of nitrogens with zero attached hydrogens (tertiary/aromatic N) is 1. The van der Waals surface area contributed by atoms with Crippen LogP contribution in [-0.2, 0) is 21.5 Å². The van der Waals surface area contributed by atoms with Gasteiger partial charge in [0.05, 0.1) is 32.4 Å². The highest BCUT2D eigenvalue weighted by atomic mass is 16.5. The number of para-hydroxylation sites is 1. The largest absolute Gasteiger partial charge is 0.507 e. The molecule has 6 nitrogen and oxygen atoms in total. The summed E-state index contributed by atoms with van der Waals surface area (Å²) >= 11 is 0. The van der Waals surface area contributed by atoms with Gasteiger partial charge in [-0.25, -0.2) is 0 Å². The minimum Gasteiger partial charge on any atom is -0.507 e. The third-order valence-corrected chi connectivity index (χ3v) is 6.53. The Hall–Kier alpha value is -4.06. The summed E-state index contributed by atoms with van der Waals surface area (Å²) in [6.07, 6.45) is 0. The summed E-state index contributed by atoms with van der Waals surface area (Å²) in [4.78, 5) is 28.2. The molecule has 0 radical (unpaired) electrons. The van der Waals surface area contributed by atoms with E-state index in [1.54, 1.807) is 38.5 Å². The van der Waals surface area contributed by atoms with Crippen LogP contribution >= 0.6 is 0 Å². The van der Waals surface area contributed by atoms with Crippen molar-refractivity contribution in [1.82, 2.24) is 4.90 Å². The number of ether oxygens (including phenoxy) is 2. The number of hydrogen-bond acceptors (Lipinski definition) is 5. The fourth-order valence-electron chi connectivity index (χ4n) is 4.48. The van der Waals surface area contributed by atoms with Gasteiger partial charge in [-0.15, -0.1) is 0 Å². The van der Waals surface area contributed by atoms with Crippen molar-refractivity contribution in [3.8, 4) is 11.5 Å². The van der Waals surface area contributed by atoms with Crippen LogP contribution in [0.4, 0.5) is 0 Å². The Labute approximate surface area is 211 Å². The molecule has 0 spiro atoms. The number of carbonyl (C=O) groups is 2. The molecule has 1 aliphatic heterocycles. The normalized spacial score (nSPS) is 17.4. The van der Waals surface area contributed by atoms with Gasteiger partial charge >= 0.3 is 0 Å². The maximum Gasteiger partial charge on any atom is 0.295 e. The number of Topliss-reactive ketones (excluding diaryl/α,β-unsaturated/α-hetero) is 1. The predicted molar refractivity (Wildman–Crippen MR) is 139 cm³/mol. The molecule has 3 aromatic rings. The van der Waals surface area contributed by atoms with Crippen molar-refractivity contribution in [2.24, 2.45) is 0 Å². The minimum atomic E-state index is -0.758. The van der Waals surface area contributed by atoms with E-state index in [1.807, 2.05) is 48.5 Å². The molecule has 0 aliphatic carbocycles. The van der Waals surface area contributed by atoms with Crippen molar-refractivity contribution in [1.29, 1.82) is 0 Å². The molecule has 0 saturated carbocycles. The molecule has 1 saturated heterocycles. The van der Waals surface area contributed by atoms with E-state index in [9.17, 15) is 14.7 Å². The van der Waals surface area contributed by atoms with Gasteiger partial charge in [0.1, 0.15) is 17.3 Å². The number of benzene rings is 3. The zero-order chi connectivity index (χ0) is 26.0. The fourth-order valence-corrected chi connectivity index (χ4v) is 4.48. The predicted octanol–water partition coefficient (Wildman–Crippen LogP) is 5.62. The number of rotatable bonds is 6.